The van der Waals surface area contributed by atoms with Crippen LogP contribution in [0.2, 0.25) is 0 Å². The van der Waals surface area contributed by atoms with Gasteiger partial charge in [0.2, 0.25) is 0 Å². The van der Waals surface area contributed by atoms with Crippen LogP contribution in [0.1, 0.15) is 19.8 Å². The lowest BCUT2D eigenvalue weighted by atomic mass is 10.1. The van der Waals surface area contributed by atoms with Gasteiger partial charge in [-0.3, -0.25) is 0 Å². The van der Waals surface area contributed by atoms with Gasteiger partial charge < -0.3 is 0 Å². The Hall–Kier alpha value is -0.260. The zero-order valence-corrected chi connectivity index (χ0v) is 5.46. The van der Waals surface area contributed by atoms with Gasteiger partial charge in [0, 0.05) is 5.41 Å². The molecule has 0 unspecified atom stereocenters. The van der Waals surface area contributed by atoms with Gasteiger partial charge in [0.15, 0.2) is 0 Å². The Morgan fingerprint density at radius 2 is 2.25 bits per heavy atom. The Morgan fingerprint density at radius 3 is 2.38 bits per heavy atom. The smallest absolute Gasteiger partial charge is 0.140 e. The quantitative estimate of drug-likeness (QED) is 0.494. The van der Waals surface area contributed by atoms with Crippen LogP contribution in [0.3, 0.4) is 0 Å². The van der Waals surface area contributed by atoms with Gasteiger partial charge in [0.1, 0.15) is 11.0 Å². The highest BCUT2D eigenvalue weighted by atomic mass is 35.5. The molecule has 0 N–H and O–H groups in total. The van der Waals surface area contributed by atoms with Crippen LogP contribution in [0.15, 0.2) is 5.03 Å². The minimum atomic E-state index is 0.0172. The van der Waals surface area contributed by atoms with E-state index in [2.05, 4.69) is 0 Å². The van der Waals surface area contributed by atoms with Crippen LogP contribution < -0.4 is 0 Å². The highest BCUT2D eigenvalue weighted by Gasteiger charge is 2.41. The normalized spacial score (nSPS) is 21.8. The van der Waals surface area contributed by atoms with Crippen LogP contribution in [0.25, 0.3) is 0 Å². The third-order valence-electron chi connectivity index (χ3n) is 1.62. The van der Waals surface area contributed by atoms with Crippen LogP contribution in [0.5, 0.6) is 0 Å². The Bertz CT molecular complexity index is 152. The molecule has 0 aromatic heterocycles. The lowest BCUT2D eigenvalue weighted by Crippen LogP contribution is -1.91. The topological polar surface area (TPSA) is 17.1 Å². The summed E-state index contributed by atoms with van der Waals surface area (Å²) in [5.41, 5.74) is 0.0172. The Labute approximate surface area is 53.3 Å². The van der Waals surface area contributed by atoms with Crippen molar-refractivity contribution in [2.24, 2.45) is 5.41 Å². The van der Waals surface area contributed by atoms with E-state index in [1.54, 1.807) is 5.94 Å². The van der Waals surface area contributed by atoms with Gasteiger partial charge in [-0.25, -0.2) is 4.79 Å². The van der Waals surface area contributed by atoms with Crippen molar-refractivity contribution in [3.63, 3.8) is 0 Å². The first-order valence-corrected chi connectivity index (χ1v) is 2.98. The zero-order chi connectivity index (χ0) is 6.20. The van der Waals surface area contributed by atoms with Crippen LogP contribution in [0, 0.1) is 5.41 Å². The van der Waals surface area contributed by atoms with E-state index in [0.717, 1.165) is 12.8 Å². The van der Waals surface area contributed by atoms with E-state index in [-0.39, 0.29) is 5.41 Å². The molecule has 0 aromatic rings. The maximum absolute atomic E-state index is 9.90. The molecule has 2 heteroatoms. The van der Waals surface area contributed by atoms with E-state index in [0.29, 0.717) is 5.03 Å². The van der Waals surface area contributed by atoms with Crippen molar-refractivity contribution < 1.29 is 4.79 Å². The highest BCUT2D eigenvalue weighted by molar-refractivity contribution is 6.34. The van der Waals surface area contributed by atoms with Gasteiger partial charge >= 0.3 is 0 Å². The molecule has 1 nitrogen and oxygen atoms in total. The fraction of sp³-hybridized carbons (Fsp3) is 0.667. The molecule has 0 spiro atoms. The van der Waals surface area contributed by atoms with Gasteiger partial charge in [-0.15, -0.1) is 0 Å². The number of hydrogen-bond acceptors (Lipinski definition) is 1. The number of rotatable bonds is 1. The van der Waals surface area contributed by atoms with Gasteiger partial charge in [-0.05, 0) is 12.8 Å². The first-order valence-electron chi connectivity index (χ1n) is 2.60. The number of halogens is 1. The zero-order valence-electron chi connectivity index (χ0n) is 4.70. The molecule has 0 radical (unpaired) electrons. The molecule has 44 valence electrons. The average molecular weight is 131 g/mol. The van der Waals surface area contributed by atoms with E-state index in [4.69, 9.17) is 11.6 Å². The first-order chi connectivity index (χ1) is 3.69. The van der Waals surface area contributed by atoms with E-state index in [1.807, 2.05) is 6.92 Å². The van der Waals surface area contributed by atoms with Gasteiger partial charge in [-0.2, -0.15) is 0 Å². The summed E-state index contributed by atoms with van der Waals surface area (Å²) in [6.07, 6.45) is 2.09. The van der Waals surface area contributed by atoms with Crippen molar-refractivity contribution in [3.05, 3.63) is 5.03 Å². The van der Waals surface area contributed by atoms with Gasteiger partial charge in [0.25, 0.3) is 0 Å². The average Bonchev–Trinajstić information content (AvgIpc) is 2.47. The van der Waals surface area contributed by atoms with E-state index < -0.39 is 0 Å². The molecule has 1 rings (SSSR count). The van der Waals surface area contributed by atoms with E-state index >= 15 is 0 Å². The summed E-state index contributed by atoms with van der Waals surface area (Å²) in [7, 11) is 0. The largest absolute Gasteiger partial charge is 0.232 e. The van der Waals surface area contributed by atoms with Crippen molar-refractivity contribution >= 4 is 17.5 Å². The standard InChI is InChI=1S/C6H7ClO/c1-6(2-3-6)5(7)4-8/h2-3H2,1H3. The van der Waals surface area contributed by atoms with Crippen molar-refractivity contribution in [1.29, 1.82) is 0 Å². The third-order valence-corrected chi connectivity index (χ3v) is 2.15. The monoisotopic (exact) mass is 130 g/mol. The lowest BCUT2D eigenvalue weighted by Gasteiger charge is -1.97. The maximum Gasteiger partial charge on any atom is 0.140 e. The summed E-state index contributed by atoms with van der Waals surface area (Å²) in [6, 6.07) is 0. The van der Waals surface area contributed by atoms with Crippen molar-refractivity contribution in [1.82, 2.24) is 0 Å². The summed E-state index contributed by atoms with van der Waals surface area (Å²) in [6.45, 7) is 1.97. The van der Waals surface area contributed by atoms with Crippen molar-refractivity contribution in [2.45, 2.75) is 19.8 Å². The number of allylic oxidation sites excluding steroid dienone is 1. The highest BCUT2D eigenvalue weighted by Crippen LogP contribution is 2.51. The summed E-state index contributed by atoms with van der Waals surface area (Å²) in [5.74, 6) is 1.70. The fourth-order valence-electron chi connectivity index (χ4n) is 0.530. The predicted molar refractivity (Wildman–Crippen MR) is 32.4 cm³/mol. The lowest BCUT2D eigenvalue weighted by molar-refractivity contribution is 0.563. The Kier molecular flexibility index (Phi) is 1.18. The molecule has 0 bridgehead atoms. The Morgan fingerprint density at radius 1 is 1.75 bits per heavy atom. The predicted octanol–water partition coefficient (Wildman–Crippen LogP) is 1.74. The van der Waals surface area contributed by atoms with Crippen molar-refractivity contribution in [2.75, 3.05) is 0 Å². The molecule has 8 heavy (non-hydrogen) atoms. The third kappa shape index (κ3) is 0.795. The maximum atomic E-state index is 9.90. The summed E-state index contributed by atoms with van der Waals surface area (Å²) in [5, 5.41) is 0.359. The molecule has 0 amide bonds. The van der Waals surface area contributed by atoms with Gasteiger partial charge in [-0.1, -0.05) is 18.5 Å². The summed E-state index contributed by atoms with van der Waals surface area (Å²) < 4.78 is 0. The molecule has 0 aromatic carbocycles. The number of hydrogen-bond donors (Lipinski definition) is 0. The minimum Gasteiger partial charge on any atom is -0.232 e. The molecular formula is C6H7ClO. The molecule has 0 saturated heterocycles. The van der Waals surface area contributed by atoms with Gasteiger partial charge in [0.05, 0.1) is 0 Å². The van der Waals surface area contributed by atoms with E-state index in [9.17, 15) is 4.79 Å². The first kappa shape index (κ1) is 5.87. The Balaban J connectivity index is 2.73. The summed E-state index contributed by atoms with van der Waals surface area (Å²) in [4.78, 5) is 9.90. The molecule has 0 aliphatic heterocycles. The second-order valence-electron chi connectivity index (χ2n) is 2.48. The van der Waals surface area contributed by atoms with Crippen LogP contribution in [0.4, 0.5) is 0 Å². The molecule has 1 aliphatic carbocycles. The second kappa shape index (κ2) is 1.61. The molecule has 1 fully saturated rings. The fourth-order valence-corrected chi connectivity index (χ4v) is 0.719. The van der Waals surface area contributed by atoms with Crippen molar-refractivity contribution in [3.8, 4) is 0 Å². The second-order valence-corrected chi connectivity index (χ2v) is 2.85. The molecule has 0 heterocycles. The van der Waals surface area contributed by atoms with Crippen LogP contribution >= 0.6 is 11.6 Å². The number of carbonyl (C=O) groups excluding carboxylic acids is 1. The minimum absolute atomic E-state index is 0.0172. The van der Waals surface area contributed by atoms with Crippen LogP contribution in [-0.4, -0.2) is 5.94 Å². The molecular weight excluding hydrogens is 124 g/mol. The SMILES string of the molecule is CC1(C(Cl)=C=O)CC1. The molecule has 0 atom stereocenters. The molecule has 1 saturated carbocycles. The van der Waals surface area contributed by atoms with E-state index in [1.165, 1.54) is 0 Å². The van der Waals surface area contributed by atoms with Crippen LogP contribution in [-0.2, 0) is 4.79 Å². The summed E-state index contributed by atoms with van der Waals surface area (Å²) >= 11 is 5.50. The molecule has 1 aliphatic rings.